The molecule has 3 aromatic rings. The van der Waals surface area contributed by atoms with Crippen molar-refractivity contribution in [1.82, 2.24) is 25.3 Å². The molecule has 0 aliphatic carbocycles. The van der Waals surface area contributed by atoms with Crippen molar-refractivity contribution < 1.29 is 18.5 Å². The SMILES string of the molecule is CC(C)c1ccc([C@@H](NC(=O)[C@@H]2C[C@@H](F)CN2C(=O)Cc2noc(=O)[nH]2)c2ccccc2)nc1. The predicted octanol–water partition coefficient (Wildman–Crippen LogP) is 2.27. The minimum absolute atomic E-state index is 0.0214. The lowest BCUT2D eigenvalue weighted by atomic mass is 10.00. The van der Waals surface area contributed by atoms with Crippen LogP contribution in [0.5, 0.6) is 0 Å². The molecule has 0 radical (unpaired) electrons. The van der Waals surface area contributed by atoms with Crippen LogP contribution in [-0.2, 0) is 16.0 Å². The molecule has 1 aliphatic heterocycles. The van der Waals surface area contributed by atoms with E-state index in [1.165, 1.54) is 4.90 Å². The Bertz CT molecular complexity index is 1190. The average molecular weight is 468 g/mol. The second-order valence-corrected chi connectivity index (χ2v) is 8.64. The number of hydrogen-bond acceptors (Lipinski definition) is 6. The van der Waals surface area contributed by atoms with Crippen LogP contribution in [-0.4, -0.2) is 50.6 Å². The molecular weight excluding hydrogens is 441 g/mol. The quantitative estimate of drug-likeness (QED) is 0.550. The zero-order chi connectivity index (χ0) is 24.2. The predicted molar refractivity (Wildman–Crippen MR) is 121 cm³/mol. The molecule has 2 amide bonds. The smallest absolute Gasteiger partial charge is 0.342 e. The molecule has 0 saturated carbocycles. The molecule has 9 nitrogen and oxygen atoms in total. The summed E-state index contributed by atoms with van der Waals surface area (Å²) in [7, 11) is 0. The zero-order valence-electron chi connectivity index (χ0n) is 18.9. The maximum absolute atomic E-state index is 14.3. The Hall–Kier alpha value is -3.82. The van der Waals surface area contributed by atoms with Crippen LogP contribution in [0.15, 0.2) is 58.0 Å². The fourth-order valence-electron chi connectivity index (χ4n) is 4.03. The zero-order valence-corrected chi connectivity index (χ0v) is 18.9. The first-order valence-electron chi connectivity index (χ1n) is 11.1. The van der Waals surface area contributed by atoms with Crippen LogP contribution in [0.25, 0.3) is 0 Å². The number of halogens is 1. The Kier molecular flexibility index (Phi) is 6.85. The third kappa shape index (κ3) is 5.22. The molecule has 3 atom stereocenters. The lowest BCUT2D eigenvalue weighted by Gasteiger charge is -2.26. The van der Waals surface area contributed by atoms with Gasteiger partial charge in [-0.2, -0.15) is 0 Å². The lowest BCUT2D eigenvalue weighted by molar-refractivity contribution is -0.138. The number of rotatable bonds is 7. The largest absolute Gasteiger partial charge is 0.438 e. The summed E-state index contributed by atoms with van der Waals surface area (Å²) < 4.78 is 18.7. The number of benzene rings is 1. The van der Waals surface area contributed by atoms with Crippen molar-refractivity contribution in [2.45, 2.75) is 50.9 Å². The molecule has 0 bridgehead atoms. The van der Waals surface area contributed by atoms with E-state index in [4.69, 9.17) is 0 Å². The number of amides is 2. The fourth-order valence-corrected chi connectivity index (χ4v) is 4.03. The van der Waals surface area contributed by atoms with Gasteiger partial charge in [0.1, 0.15) is 12.2 Å². The molecule has 4 rings (SSSR count). The van der Waals surface area contributed by atoms with Crippen molar-refractivity contribution in [1.29, 1.82) is 0 Å². The van der Waals surface area contributed by atoms with Gasteiger partial charge in [0, 0.05) is 12.6 Å². The van der Waals surface area contributed by atoms with Crippen molar-refractivity contribution in [3.63, 3.8) is 0 Å². The highest BCUT2D eigenvalue weighted by molar-refractivity contribution is 5.89. The molecule has 1 aromatic carbocycles. The van der Waals surface area contributed by atoms with Crippen molar-refractivity contribution in [2.24, 2.45) is 0 Å². The molecule has 178 valence electrons. The number of pyridine rings is 1. The maximum Gasteiger partial charge on any atom is 0.438 e. The van der Waals surface area contributed by atoms with E-state index in [9.17, 15) is 18.8 Å². The summed E-state index contributed by atoms with van der Waals surface area (Å²) in [5, 5.41) is 6.43. The maximum atomic E-state index is 14.3. The minimum atomic E-state index is -1.34. The molecule has 2 N–H and O–H groups in total. The summed E-state index contributed by atoms with van der Waals surface area (Å²) >= 11 is 0. The van der Waals surface area contributed by atoms with Crippen LogP contribution < -0.4 is 11.1 Å². The Morgan fingerprint density at radius 3 is 2.59 bits per heavy atom. The van der Waals surface area contributed by atoms with Gasteiger partial charge >= 0.3 is 5.76 Å². The van der Waals surface area contributed by atoms with Crippen LogP contribution in [0.3, 0.4) is 0 Å². The van der Waals surface area contributed by atoms with Gasteiger partial charge in [0.15, 0.2) is 5.82 Å². The highest BCUT2D eigenvalue weighted by Crippen LogP contribution is 2.26. The van der Waals surface area contributed by atoms with Gasteiger partial charge in [0.2, 0.25) is 11.8 Å². The molecule has 2 aromatic heterocycles. The molecule has 1 saturated heterocycles. The summed E-state index contributed by atoms with van der Waals surface area (Å²) in [5.74, 6) is -1.46. The normalized spacial score (nSPS) is 18.8. The van der Waals surface area contributed by atoms with E-state index in [2.05, 4.69) is 38.8 Å². The molecule has 1 fully saturated rings. The number of nitrogens with zero attached hydrogens (tertiary/aromatic N) is 3. The van der Waals surface area contributed by atoms with Crippen LogP contribution in [0.4, 0.5) is 4.39 Å². The minimum Gasteiger partial charge on any atom is -0.342 e. The summed E-state index contributed by atoms with van der Waals surface area (Å²) in [4.78, 5) is 45.2. The molecule has 10 heteroatoms. The number of aromatic nitrogens is 3. The Labute approximate surface area is 195 Å². The standard InChI is InChI=1S/C24H26FN5O4/c1-14(2)16-8-9-18(26-12-16)22(15-6-4-3-5-7-15)28-23(32)19-10-17(25)13-30(19)21(31)11-20-27-24(33)34-29-20/h3-9,12,14,17,19,22H,10-11,13H2,1-2H3,(H,28,32)(H,27,29,33)/t17-,19+,22+/m1/s1. The van der Waals surface area contributed by atoms with Gasteiger partial charge in [-0.15, -0.1) is 0 Å². The first-order valence-corrected chi connectivity index (χ1v) is 11.1. The van der Waals surface area contributed by atoms with Gasteiger partial charge in [-0.25, -0.2) is 9.18 Å². The molecule has 3 heterocycles. The number of hydrogen-bond donors (Lipinski definition) is 2. The summed E-state index contributed by atoms with van der Waals surface area (Å²) in [6, 6.07) is 11.6. The van der Waals surface area contributed by atoms with Gasteiger partial charge in [-0.1, -0.05) is 55.4 Å². The van der Waals surface area contributed by atoms with E-state index in [0.29, 0.717) is 11.6 Å². The van der Waals surface area contributed by atoms with Crippen molar-refractivity contribution in [3.05, 3.63) is 81.9 Å². The van der Waals surface area contributed by atoms with E-state index in [-0.39, 0.29) is 25.2 Å². The third-order valence-electron chi connectivity index (χ3n) is 5.87. The van der Waals surface area contributed by atoms with Crippen molar-refractivity contribution >= 4 is 11.8 Å². The van der Waals surface area contributed by atoms with Gasteiger partial charge in [0.25, 0.3) is 0 Å². The topological polar surface area (TPSA) is 121 Å². The van der Waals surface area contributed by atoms with Crippen LogP contribution in [0.2, 0.25) is 0 Å². The molecular formula is C24H26FN5O4. The number of nitrogens with one attached hydrogen (secondary N) is 2. The molecule has 0 spiro atoms. The van der Waals surface area contributed by atoms with E-state index in [0.717, 1.165) is 11.1 Å². The fraction of sp³-hybridized carbons (Fsp3) is 0.375. The third-order valence-corrected chi connectivity index (χ3v) is 5.87. The van der Waals surface area contributed by atoms with Crippen molar-refractivity contribution in [2.75, 3.05) is 6.54 Å². The number of aromatic amines is 1. The van der Waals surface area contributed by atoms with Crippen LogP contribution in [0, 0.1) is 0 Å². The monoisotopic (exact) mass is 467 g/mol. The Morgan fingerprint density at radius 2 is 1.97 bits per heavy atom. The van der Waals surface area contributed by atoms with Gasteiger partial charge in [-0.05, 0) is 23.1 Å². The first-order chi connectivity index (χ1) is 16.3. The van der Waals surface area contributed by atoms with E-state index in [1.54, 1.807) is 6.20 Å². The number of H-pyrrole nitrogens is 1. The first kappa shape index (κ1) is 23.3. The number of likely N-dealkylation sites (tertiary alicyclic amines) is 1. The average Bonchev–Trinajstić information content (AvgIpc) is 3.43. The van der Waals surface area contributed by atoms with Gasteiger partial charge in [0.05, 0.1) is 24.7 Å². The second-order valence-electron chi connectivity index (χ2n) is 8.64. The summed E-state index contributed by atoms with van der Waals surface area (Å²) in [6.07, 6.45) is 0.0233. The van der Waals surface area contributed by atoms with Crippen LogP contribution in [0.1, 0.15) is 54.9 Å². The molecule has 1 aliphatic rings. The van der Waals surface area contributed by atoms with E-state index < -0.39 is 35.8 Å². The van der Waals surface area contributed by atoms with Crippen molar-refractivity contribution in [3.8, 4) is 0 Å². The number of carbonyl (C=O) groups excluding carboxylic acids is 2. The summed E-state index contributed by atoms with van der Waals surface area (Å²) in [6.45, 7) is 3.93. The number of alkyl halides is 1. The highest BCUT2D eigenvalue weighted by Gasteiger charge is 2.40. The molecule has 34 heavy (non-hydrogen) atoms. The summed E-state index contributed by atoms with van der Waals surface area (Å²) in [5.41, 5.74) is 2.52. The lowest BCUT2D eigenvalue weighted by Crippen LogP contribution is -2.47. The van der Waals surface area contributed by atoms with Crippen LogP contribution >= 0.6 is 0 Å². The van der Waals surface area contributed by atoms with E-state index >= 15 is 0 Å². The van der Waals surface area contributed by atoms with Gasteiger partial charge < -0.3 is 10.2 Å². The van der Waals surface area contributed by atoms with Gasteiger partial charge in [-0.3, -0.25) is 24.1 Å². The number of carbonyl (C=O) groups is 2. The highest BCUT2D eigenvalue weighted by atomic mass is 19.1. The molecule has 0 unspecified atom stereocenters. The Morgan fingerprint density at radius 1 is 1.21 bits per heavy atom. The van der Waals surface area contributed by atoms with E-state index in [1.807, 2.05) is 42.5 Å². The second kappa shape index (κ2) is 9.98. The Balaban J connectivity index is 1.56.